The molecule has 2 rings (SSSR count). The molecule has 2 aromatic carbocycles. The second-order valence-electron chi connectivity index (χ2n) is 4.97. The van der Waals surface area contributed by atoms with E-state index in [4.69, 9.17) is 16.9 Å². The minimum absolute atomic E-state index is 0.130. The van der Waals surface area contributed by atoms with Crippen LogP contribution in [0.3, 0.4) is 0 Å². The molecule has 0 aliphatic rings. The maximum atomic E-state index is 13.3. The zero-order valence-electron chi connectivity index (χ0n) is 12.2. The second kappa shape index (κ2) is 6.99. The van der Waals surface area contributed by atoms with Crippen LogP contribution in [0.5, 0.6) is 5.75 Å². The largest absolute Gasteiger partial charge is 0.507 e. The topological polar surface area (TPSA) is 73.1 Å². The third kappa shape index (κ3) is 4.19. The molecule has 2 aromatic rings. The van der Waals surface area contributed by atoms with E-state index in [1.54, 1.807) is 11.4 Å². The van der Waals surface area contributed by atoms with E-state index in [-0.39, 0.29) is 11.1 Å². The zero-order chi connectivity index (χ0) is 18.8. The van der Waals surface area contributed by atoms with Crippen molar-refractivity contribution in [2.45, 2.75) is 12.2 Å². The summed E-state index contributed by atoms with van der Waals surface area (Å²) in [4.78, 5) is 12.1. The molecular formula is C16H9ClF4N2O2. The number of alkyl halides is 3. The van der Waals surface area contributed by atoms with Gasteiger partial charge in [0.25, 0.3) is 5.91 Å². The fraction of sp³-hybridized carbons (Fsp3) is 0.125. The summed E-state index contributed by atoms with van der Waals surface area (Å²) in [6.45, 7) is 0. The lowest BCUT2D eigenvalue weighted by Gasteiger charge is -2.22. The van der Waals surface area contributed by atoms with E-state index in [1.165, 1.54) is 0 Å². The summed E-state index contributed by atoms with van der Waals surface area (Å²) in [7, 11) is 0. The van der Waals surface area contributed by atoms with E-state index in [0.717, 1.165) is 36.4 Å². The first-order valence-corrected chi connectivity index (χ1v) is 7.07. The smallest absolute Gasteiger partial charge is 0.412 e. The van der Waals surface area contributed by atoms with Gasteiger partial charge in [0.15, 0.2) is 6.04 Å². The number of amides is 1. The van der Waals surface area contributed by atoms with Crippen LogP contribution < -0.4 is 5.32 Å². The number of benzene rings is 2. The number of nitrogens with one attached hydrogen (secondary N) is 1. The van der Waals surface area contributed by atoms with Crippen molar-refractivity contribution in [1.29, 1.82) is 5.26 Å². The maximum Gasteiger partial charge on any atom is 0.412 e. The standard InChI is InChI=1S/C16H9ClF4N2O2/c17-11-5-8(3-4-12(11)18)14(16(19,20)21)23-15(25)9-1-2-10(7-22)13(24)6-9/h1-6,14,24H,(H,23,25). The summed E-state index contributed by atoms with van der Waals surface area (Å²) in [6.07, 6.45) is -4.87. The number of nitriles is 1. The second-order valence-corrected chi connectivity index (χ2v) is 5.37. The van der Waals surface area contributed by atoms with E-state index in [9.17, 15) is 27.5 Å². The number of phenols is 1. The summed E-state index contributed by atoms with van der Waals surface area (Å²) in [5.41, 5.74) is -0.863. The highest BCUT2D eigenvalue weighted by Crippen LogP contribution is 2.34. The van der Waals surface area contributed by atoms with Crippen molar-refractivity contribution >= 4 is 17.5 Å². The first-order valence-electron chi connectivity index (χ1n) is 6.69. The van der Waals surface area contributed by atoms with Crippen molar-refractivity contribution in [2.24, 2.45) is 0 Å². The number of hydrogen-bond donors (Lipinski definition) is 2. The van der Waals surface area contributed by atoms with Gasteiger partial charge in [0, 0.05) is 5.56 Å². The van der Waals surface area contributed by atoms with Crippen LogP contribution in [0.2, 0.25) is 5.02 Å². The number of hydrogen-bond acceptors (Lipinski definition) is 3. The van der Waals surface area contributed by atoms with Crippen molar-refractivity contribution in [3.63, 3.8) is 0 Å². The summed E-state index contributed by atoms with van der Waals surface area (Å²) >= 11 is 5.50. The zero-order valence-corrected chi connectivity index (χ0v) is 13.0. The third-order valence-electron chi connectivity index (χ3n) is 3.26. The molecule has 0 spiro atoms. The van der Waals surface area contributed by atoms with Gasteiger partial charge in [0.05, 0.1) is 10.6 Å². The Hall–Kier alpha value is -2.79. The van der Waals surface area contributed by atoms with Crippen molar-refractivity contribution < 1.29 is 27.5 Å². The normalized spacial score (nSPS) is 12.3. The lowest BCUT2D eigenvalue weighted by atomic mass is 10.0. The van der Waals surface area contributed by atoms with E-state index in [1.807, 2.05) is 0 Å². The van der Waals surface area contributed by atoms with Gasteiger partial charge in [-0.25, -0.2) is 4.39 Å². The van der Waals surface area contributed by atoms with Crippen LogP contribution in [0.4, 0.5) is 17.6 Å². The fourth-order valence-electron chi connectivity index (χ4n) is 2.03. The Kier molecular flexibility index (Phi) is 5.18. The number of rotatable bonds is 3. The first kappa shape index (κ1) is 18.5. The molecule has 0 bridgehead atoms. The van der Waals surface area contributed by atoms with Crippen LogP contribution in [-0.4, -0.2) is 17.2 Å². The molecule has 1 unspecified atom stereocenters. The van der Waals surface area contributed by atoms with Crippen LogP contribution in [0.25, 0.3) is 0 Å². The Bertz CT molecular complexity index is 862. The van der Waals surface area contributed by atoms with Crippen molar-refractivity contribution in [3.05, 3.63) is 63.9 Å². The highest BCUT2D eigenvalue weighted by atomic mass is 35.5. The Morgan fingerprint density at radius 2 is 1.92 bits per heavy atom. The van der Waals surface area contributed by atoms with Crippen molar-refractivity contribution in [2.75, 3.05) is 0 Å². The Balaban J connectivity index is 2.34. The van der Waals surface area contributed by atoms with E-state index < -0.39 is 40.3 Å². The molecule has 2 N–H and O–H groups in total. The lowest BCUT2D eigenvalue weighted by molar-refractivity contribution is -0.155. The molecule has 1 amide bonds. The van der Waals surface area contributed by atoms with Crippen LogP contribution in [-0.2, 0) is 0 Å². The molecule has 25 heavy (non-hydrogen) atoms. The molecule has 0 fully saturated rings. The number of carbonyl (C=O) groups is 1. The molecule has 0 saturated carbocycles. The SMILES string of the molecule is N#Cc1ccc(C(=O)NC(c2ccc(F)c(Cl)c2)C(F)(F)F)cc1O. The minimum atomic E-state index is -4.87. The predicted octanol–water partition coefficient (Wildman–Crippen LogP) is 4.09. The summed E-state index contributed by atoms with van der Waals surface area (Å²) < 4.78 is 53.0. The molecule has 0 saturated heterocycles. The molecule has 130 valence electrons. The molecule has 0 aliphatic heterocycles. The van der Waals surface area contributed by atoms with Crippen LogP contribution in [0.15, 0.2) is 36.4 Å². The van der Waals surface area contributed by atoms with E-state index in [2.05, 4.69) is 0 Å². The molecule has 1 atom stereocenters. The summed E-state index contributed by atoms with van der Waals surface area (Å²) in [5.74, 6) is -2.57. The van der Waals surface area contributed by atoms with Gasteiger partial charge >= 0.3 is 6.18 Å². The van der Waals surface area contributed by atoms with Crippen molar-refractivity contribution in [1.82, 2.24) is 5.32 Å². The quantitative estimate of drug-likeness (QED) is 0.797. The molecule has 4 nitrogen and oxygen atoms in total. The minimum Gasteiger partial charge on any atom is -0.507 e. The molecule has 0 aliphatic carbocycles. The van der Waals surface area contributed by atoms with Gasteiger partial charge in [0.1, 0.15) is 17.6 Å². The van der Waals surface area contributed by atoms with E-state index >= 15 is 0 Å². The monoisotopic (exact) mass is 372 g/mol. The highest BCUT2D eigenvalue weighted by molar-refractivity contribution is 6.30. The Labute approximate surface area is 144 Å². The fourth-order valence-corrected chi connectivity index (χ4v) is 2.22. The van der Waals surface area contributed by atoms with Crippen LogP contribution >= 0.6 is 11.6 Å². The molecule has 0 heterocycles. The molecular weight excluding hydrogens is 364 g/mol. The summed E-state index contributed by atoms with van der Waals surface area (Å²) in [5, 5.41) is 19.5. The first-order chi connectivity index (χ1) is 11.6. The molecule has 0 aromatic heterocycles. The Morgan fingerprint density at radius 1 is 1.24 bits per heavy atom. The van der Waals surface area contributed by atoms with E-state index in [0.29, 0.717) is 0 Å². The Morgan fingerprint density at radius 3 is 2.44 bits per heavy atom. The van der Waals surface area contributed by atoms with Crippen molar-refractivity contribution in [3.8, 4) is 11.8 Å². The van der Waals surface area contributed by atoms with Gasteiger partial charge in [-0.1, -0.05) is 17.7 Å². The van der Waals surface area contributed by atoms with Gasteiger partial charge in [-0.2, -0.15) is 18.4 Å². The van der Waals surface area contributed by atoms with Crippen LogP contribution in [0, 0.1) is 17.1 Å². The van der Waals surface area contributed by atoms with Gasteiger partial charge < -0.3 is 10.4 Å². The third-order valence-corrected chi connectivity index (χ3v) is 3.55. The van der Waals surface area contributed by atoms with Gasteiger partial charge in [-0.15, -0.1) is 0 Å². The van der Waals surface area contributed by atoms with Gasteiger partial charge in [-0.3, -0.25) is 4.79 Å². The number of nitrogens with zero attached hydrogens (tertiary/aromatic N) is 1. The maximum absolute atomic E-state index is 13.3. The number of carbonyl (C=O) groups excluding carboxylic acids is 1. The van der Waals surface area contributed by atoms with Gasteiger partial charge in [-0.05, 0) is 35.9 Å². The number of aromatic hydroxyl groups is 1. The molecule has 9 heteroatoms. The number of halogens is 5. The summed E-state index contributed by atoms with van der Waals surface area (Å²) in [6, 6.07) is 4.67. The predicted molar refractivity (Wildman–Crippen MR) is 80.5 cm³/mol. The number of phenolic OH excluding ortho intramolecular Hbond substituents is 1. The average Bonchev–Trinajstić information content (AvgIpc) is 2.54. The van der Waals surface area contributed by atoms with Crippen LogP contribution in [0.1, 0.15) is 27.5 Å². The lowest BCUT2D eigenvalue weighted by Crippen LogP contribution is -2.38. The molecule has 0 radical (unpaired) electrons. The average molecular weight is 373 g/mol. The van der Waals surface area contributed by atoms with Gasteiger partial charge in [0.2, 0.25) is 0 Å². The highest BCUT2D eigenvalue weighted by Gasteiger charge is 2.42.